The Morgan fingerprint density at radius 3 is 3.05 bits per heavy atom. The number of nitrogens with one attached hydrogen (secondary N) is 2. The van der Waals surface area contributed by atoms with Crippen LogP contribution in [0.15, 0.2) is 23.1 Å². The van der Waals surface area contributed by atoms with E-state index in [1.165, 1.54) is 0 Å². The van der Waals surface area contributed by atoms with Gasteiger partial charge in [-0.05, 0) is 25.5 Å². The van der Waals surface area contributed by atoms with E-state index >= 15 is 0 Å². The highest BCUT2D eigenvalue weighted by molar-refractivity contribution is 5.92. The van der Waals surface area contributed by atoms with Crippen molar-refractivity contribution in [2.24, 2.45) is 0 Å². The number of carbonyl (C=O) groups excluding carboxylic acids is 1. The maximum Gasteiger partial charge on any atom is 0.345 e. The Kier molecular flexibility index (Phi) is 3.09. The number of hydrogen-bond donors (Lipinski definition) is 2. The standard InChI is InChI=1S/C13H15N5O2/c1-8-6-11(16-13(20)15-8)12(19)18-5-3-9(7-18)10-2-4-14-17-10/h2,4,6,9H,3,5,7H2,1H3,(H,14,17)(H,15,16,20). The molecule has 2 aromatic heterocycles. The summed E-state index contributed by atoms with van der Waals surface area (Å²) in [4.78, 5) is 31.7. The minimum Gasteiger partial charge on any atom is -0.337 e. The Bertz CT molecular complexity index is 676. The number of amides is 1. The van der Waals surface area contributed by atoms with E-state index in [0.29, 0.717) is 18.8 Å². The third kappa shape index (κ3) is 2.34. The molecule has 7 heteroatoms. The molecular weight excluding hydrogens is 258 g/mol. The maximum absolute atomic E-state index is 12.4. The maximum atomic E-state index is 12.4. The predicted octanol–water partition coefficient (Wildman–Crippen LogP) is 0.431. The highest BCUT2D eigenvalue weighted by Gasteiger charge is 2.29. The molecule has 20 heavy (non-hydrogen) atoms. The monoisotopic (exact) mass is 273 g/mol. The van der Waals surface area contributed by atoms with Gasteiger partial charge in [-0.3, -0.25) is 9.89 Å². The molecule has 3 rings (SSSR count). The van der Waals surface area contributed by atoms with Gasteiger partial charge in [0.25, 0.3) is 5.91 Å². The van der Waals surface area contributed by atoms with Crippen LogP contribution in [0.2, 0.25) is 0 Å². The molecule has 0 saturated carbocycles. The second-order valence-electron chi connectivity index (χ2n) is 5.00. The Morgan fingerprint density at radius 1 is 1.50 bits per heavy atom. The molecule has 1 atom stereocenters. The summed E-state index contributed by atoms with van der Waals surface area (Å²) in [7, 11) is 0. The lowest BCUT2D eigenvalue weighted by molar-refractivity contribution is 0.0784. The van der Waals surface area contributed by atoms with Gasteiger partial charge in [0.05, 0.1) is 0 Å². The van der Waals surface area contributed by atoms with Crippen LogP contribution < -0.4 is 5.69 Å². The Labute approximate surface area is 115 Å². The number of H-pyrrole nitrogens is 2. The molecule has 1 saturated heterocycles. The molecule has 2 N–H and O–H groups in total. The van der Waals surface area contributed by atoms with Gasteiger partial charge in [-0.15, -0.1) is 0 Å². The normalized spacial score (nSPS) is 18.4. The summed E-state index contributed by atoms with van der Waals surface area (Å²) in [5.74, 6) is 0.0748. The molecule has 1 fully saturated rings. The molecule has 0 aromatic carbocycles. The number of nitrogens with zero attached hydrogens (tertiary/aromatic N) is 3. The van der Waals surface area contributed by atoms with Crippen molar-refractivity contribution in [3.05, 3.63) is 45.9 Å². The second kappa shape index (κ2) is 4.92. The third-order valence-electron chi connectivity index (χ3n) is 3.54. The smallest absolute Gasteiger partial charge is 0.337 e. The van der Waals surface area contributed by atoms with Crippen molar-refractivity contribution in [3.8, 4) is 0 Å². The molecule has 104 valence electrons. The number of aromatic nitrogens is 4. The average Bonchev–Trinajstić information content (AvgIpc) is 3.07. The van der Waals surface area contributed by atoms with E-state index < -0.39 is 5.69 Å². The van der Waals surface area contributed by atoms with Gasteiger partial charge in [-0.25, -0.2) is 4.79 Å². The van der Waals surface area contributed by atoms with Crippen LogP contribution in [0, 0.1) is 6.92 Å². The van der Waals surface area contributed by atoms with Crippen molar-refractivity contribution in [1.29, 1.82) is 0 Å². The minimum atomic E-state index is -0.488. The lowest BCUT2D eigenvalue weighted by atomic mass is 10.1. The molecule has 1 unspecified atom stereocenters. The summed E-state index contributed by atoms with van der Waals surface area (Å²) in [5.41, 5.74) is 1.39. The van der Waals surface area contributed by atoms with Crippen LogP contribution >= 0.6 is 0 Å². The highest BCUT2D eigenvalue weighted by Crippen LogP contribution is 2.26. The molecule has 1 aliphatic heterocycles. The van der Waals surface area contributed by atoms with Gasteiger partial charge in [0.15, 0.2) is 0 Å². The molecule has 7 nitrogen and oxygen atoms in total. The van der Waals surface area contributed by atoms with E-state index in [2.05, 4.69) is 20.2 Å². The predicted molar refractivity (Wildman–Crippen MR) is 71.4 cm³/mol. The summed E-state index contributed by atoms with van der Waals surface area (Å²) in [6.07, 6.45) is 2.59. The molecule has 0 aliphatic carbocycles. The molecule has 1 aliphatic rings. The molecule has 3 heterocycles. The number of aryl methyl sites for hydroxylation is 1. The quantitative estimate of drug-likeness (QED) is 0.829. The largest absolute Gasteiger partial charge is 0.345 e. The summed E-state index contributed by atoms with van der Waals surface area (Å²) in [5, 5.41) is 6.87. The zero-order chi connectivity index (χ0) is 14.1. The molecular formula is C13H15N5O2. The SMILES string of the molecule is Cc1cc(C(=O)N2CCC(c3ccn[nH]3)C2)nc(=O)[nH]1. The molecule has 1 amide bonds. The fraction of sp³-hybridized carbons (Fsp3) is 0.385. The van der Waals surface area contributed by atoms with Gasteiger partial charge in [-0.2, -0.15) is 10.1 Å². The van der Waals surface area contributed by atoms with Gasteiger partial charge < -0.3 is 9.88 Å². The summed E-state index contributed by atoms with van der Waals surface area (Å²) in [6.45, 7) is 3.02. The van der Waals surface area contributed by atoms with E-state index in [0.717, 1.165) is 12.1 Å². The Morgan fingerprint density at radius 2 is 2.35 bits per heavy atom. The van der Waals surface area contributed by atoms with Crippen molar-refractivity contribution in [2.45, 2.75) is 19.3 Å². The van der Waals surface area contributed by atoms with Crippen LogP contribution in [-0.4, -0.2) is 44.1 Å². The van der Waals surface area contributed by atoms with Crippen molar-refractivity contribution in [2.75, 3.05) is 13.1 Å². The number of rotatable bonds is 2. The molecule has 0 bridgehead atoms. The lowest BCUT2D eigenvalue weighted by Crippen LogP contribution is -2.31. The van der Waals surface area contributed by atoms with Crippen LogP contribution in [0.1, 0.15) is 34.2 Å². The van der Waals surface area contributed by atoms with Gasteiger partial charge in [-0.1, -0.05) is 0 Å². The van der Waals surface area contributed by atoms with Gasteiger partial charge >= 0.3 is 5.69 Å². The number of aromatic amines is 2. The highest BCUT2D eigenvalue weighted by atomic mass is 16.2. The van der Waals surface area contributed by atoms with E-state index in [4.69, 9.17) is 0 Å². The molecule has 2 aromatic rings. The lowest BCUT2D eigenvalue weighted by Gasteiger charge is -2.15. The van der Waals surface area contributed by atoms with E-state index in [1.54, 1.807) is 24.1 Å². The Balaban J connectivity index is 1.77. The summed E-state index contributed by atoms with van der Waals surface area (Å²) < 4.78 is 0. The van der Waals surface area contributed by atoms with Crippen molar-refractivity contribution in [1.82, 2.24) is 25.1 Å². The van der Waals surface area contributed by atoms with Gasteiger partial charge in [0.2, 0.25) is 0 Å². The van der Waals surface area contributed by atoms with Crippen molar-refractivity contribution >= 4 is 5.91 Å². The zero-order valence-corrected chi connectivity index (χ0v) is 11.1. The van der Waals surface area contributed by atoms with Crippen molar-refractivity contribution in [3.63, 3.8) is 0 Å². The number of hydrogen-bond acceptors (Lipinski definition) is 4. The number of likely N-dealkylation sites (tertiary alicyclic amines) is 1. The zero-order valence-electron chi connectivity index (χ0n) is 11.1. The third-order valence-corrected chi connectivity index (χ3v) is 3.54. The second-order valence-corrected chi connectivity index (χ2v) is 5.00. The van der Waals surface area contributed by atoms with Crippen LogP contribution in [0.3, 0.4) is 0 Å². The van der Waals surface area contributed by atoms with Crippen LogP contribution in [0.5, 0.6) is 0 Å². The first-order chi connectivity index (χ1) is 9.63. The van der Waals surface area contributed by atoms with Crippen LogP contribution in [0.25, 0.3) is 0 Å². The van der Waals surface area contributed by atoms with Gasteiger partial charge in [0, 0.05) is 36.6 Å². The molecule has 0 radical (unpaired) electrons. The minimum absolute atomic E-state index is 0.193. The van der Waals surface area contributed by atoms with Crippen LogP contribution in [0.4, 0.5) is 0 Å². The first-order valence-corrected chi connectivity index (χ1v) is 6.50. The average molecular weight is 273 g/mol. The van der Waals surface area contributed by atoms with E-state index in [-0.39, 0.29) is 17.5 Å². The first kappa shape index (κ1) is 12.6. The molecule has 0 spiro atoms. The van der Waals surface area contributed by atoms with Gasteiger partial charge in [0.1, 0.15) is 5.69 Å². The first-order valence-electron chi connectivity index (χ1n) is 6.50. The van der Waals surface area contributed by atoms with E-state index in [1.807, 2.05) is 6.07 Å². The van der Waals surface area contributed by atoms with Crippen molar-refractivity contribution < 1.29 is 4.79 Å². The van der Waals surface area contributed by atoms with Crippen LogP contribution in [-0.2, 0) is 0 Å². The fourth-order valence-corrected chi connectivity index (χ4v) is 2.54. The topological polar surface area (TPSA) is 94.7 Å². The van der Waals surface area contributed by atoms with E-state index in [9.17, 15) is 9.59 Å². The number of carbonyl (C=O) groups is 1. The summed E-state index contributed by atoms with van der Waals surface area (Å²) in [6, 6.07) is 3.53. The summed E-state index contributed by atoms with van der Waals surface area (Å²) >= 11 is 0. The Hall–Kier alpha value is -2.44. The fourth-order valence-electron chi connectivity index (χ4n) is 2.54.